The summed E-state index contributed by atoms with van der Waals surface area (Å²) in [6, 6.07) is 3.28. The van der Waals surface area contributed by atoms with Gasteiger partial charge in [-0.1, -0.05) is 0 Å². The summed E-state index contributed by atoms with van der Waals surface area (Å²) >= 11 is 0. The topological polar surface area (TPSA) is 49.4 Å². The van der Waals surface area contributed by atoms with Gasteiger partial charge in [0, 0.05) is 24.3 Å². The highest BCUT2D eigenvalue weighted by molar-refractivity contribution is 7.91. The van der Waals surface area contributed by atoms with Gasteiger partial charge in [0.15, 0.2) is 9.84 Å². The molecule has 1 N–H and O–H groups in total. The molecule has 0 amide bonds. The summed E-state index contributed by atoms with van der Waals surface area (Å²) in [4.78, 5) is 2.08. The van der Waals surface area contributed by atoms with E-state index in [1.807, 2.05) is 27.0 Å². The summed E-state index contributed by atoms with van der Waals surface area (Å²) in [5, 5.41) is 3.13. The third-order valence-corrected chi connectivity index (χ3v) is 5.98. The van der Waals surface area contributed by atoms with E-state index in [9.17, 15) is 12.8 Å². The number of rotatable bonds is 3. The fourth-order valence-electron chi connectivity index (χ4n) is 2.79. The molecule has 1 aromatic rings. The van der Waals surface area contributed by atoms with Crippen LogP contribution in [-0.2, 0) is 9.84 Å². The number of benzene rings is 1. The highest BCUT2D eigenvalue weighted by Crippen LogP contribution is 2.32. The zero-order chi connectivity index (χ0) is 15.8. The first kappa shape index (κ1) is 16.2. The Morgan fingerprint density at radius 3 is 2.67 bits per heavy atom. The number of hydrogen-bond acceptors (Lipinski definition) is 4. The van der Waals surface area contributed by atoms with Crippen molar-refractivity contribution in [2.24, 2.45) is 0 Å². The lowest BCUT2D eigenvalue weighted by Crippen LogP contribution is -2.47. The molecule has 0 spiro atoms. The van der Waals surface area contributed by atoms with E-state index in [0.717, 1.165) is 11.3 Å². The van der Waals surface area contributed by atoms with Gasteiger partial charge in [0.25, 0.3) is 0 Å². The molecule has 1 saturated heterocycles. The molecule has 2 rings (SSSR count). The van der Waals surface area contributed by atoms with E-state index >= 15 is 0 Å². The van der Waals surface area contributed by atoms with Crippen LogP contribution in [0.4, 0.5) is 10.1 Å². The van der Waals surface area contributed by atoms with Crippen LogP contribution in [0.2, 0.25) is 0 Å². The van der Waals surface area contributed by atoms with Crippen LogP contribution in [0.25, 0.3) is 0 Å². The van der Waals surface area contributed by atoms with Gasteiger partial charge < -0.3 is 10.2 Å². The first-order valence-electron chi connectivity index (χ1n) is 7.19. The summed E-state index contributed by atoms with van der Waals surface area (Å²) in [5.74, 6) is 0.0749. The molecule has 0 aliphatic carbocycles. The highest BCUT2D eigenvalue weighted by atomic mass is 32.2. The van der Waals surface area contributed by atoms with Gasteiger partial charge in [-0.25, -0.2) is 12.8 Å². The molecule has 1 aliphatic heterocycles. The van der Waals surface area contributed by atoms with Gasteiger partial charge >= 0.3 is 0 Å². The summed E-state index contributed by atoms with van der Waals surface area (Å²) in [6.45, 7) is 6.07. The van der Waals surface area contributed by atoms with E-state index < -0.39 is 9.84 Å². The first-order valence-corrected chi connectivity index (χ1v) is 9.01. The molecule has 0 radical (unpaired) electrons. The monoisotopic (exact) mass is 314 g/mol. The Balaban J connectivity index is 2.45. The van der Waals surface area contributed by atoms with Crippen molar-refractivity contribution in [3.8, 4) is 0 Å². The van der Waals surface area contributed by atoms with Crippen LogP contribution in [0.5, 0.6) is 0 Å². The van der Waals surface area contributed by atoms with Crippen LogP contribution in [0.15, 0.2) is 12.1 Å². The van der Waals surface area contributed by atoms with Crippen molar-refractivity contribution in [1.82, 2.24) is 5.32 Å². The molecule has 1 aliphatic rings. The molecule has 0 bridgehead atoms. The molecular formula is C15H23FN2O2S. The van der Waals surface area contributed by atoms with Crippen molar-refractivity contribution in [2.45, 2.75) is 32.9 Å². The maximum absolute atomic E-state index is 13.9. The third-order valence-electron chi connectivity index (χ3n) is 4.19. The number of halogens is 1. The molecule has 2 atom stereocenters. The average Bonchev–Trinajstić information content (AvgIpc) is 2.40. The van der Waals surface area contributed by atoms with Crippen molar-refractivity contribution >= 4 is 15.5 Å². The predicted molar refractivity (Wildman–Crippen MR) is 84.1 cm³/mol. The second-order valence-electron chi connectivity index (χ2n) is 5.83. The Morgan fingerprint density at radius 2 is 2.10 bits per heavy atom. The minimum Gasteiger partial charge on any atom is -0.367 e. The lowest BCUT2D eigenvalue weighted by molar-refractivity contribution is 0.563. The maximum Gasteiger partial charge on any atom is 0.154 e. The van der Waals surface area contributed by atoms with Crippen LogP contribution < -0.4 is 10.2 Å². The molecule has 6 heteroatoms. The Bertz CT molecular complexity index is 631. The Hall–Kier alpha value is -1.14. The van der Waals surface area contributed by atoms with E-state index in [-0.39, 0.29) is 29.4 Å². The van der Waals surface area contributed by atoms with E-state index in [1.165, 1.54) is 0 Å². The quantitative estimate of drug-likeness (QED) is 0.927. The zero-order valence-electron chi connectivity index (χ0n) is 13.0. The van der Waals surface area contributed by atoms with E-state index in [4.69, 9.17) is 0 Å². The Morgan fingerprint density at radius 1 is 1.43 bits per heavy atom. The first-order chi connectivity index (χ1) is 9.75. The number of anilines is 1. The summed E-state index contributed by atoms with van der Waals surface area (Å²) in [6.07, 6.45) is 0. The Kier molecular flexibility index (Phi) is 4.58. The predicted octanol–water partition coefficient (Wildman–Crippen LogP) is 2.04. The standard InChI is InChI=1S/C15H23FN2O2S/c1-10-7-15(13(8-14(10)16)12(3)17-4)18-5-6-21(19,20)9-11(18)2/h7-8,11-12,17H,5-6,9H2,1-4H3. The summed E-state index contributed by atoms with van der Waals surface area (Å²) < 4.78 is 37.4. The van der Waals surface area contributed by atoms with E-state index in [1.54, 1.807) is 13.0 Å². The molecular weight excluding hydrogens is 291 g/mol. The van der Waals surface area contributed by atoms with Crippen molar-refractivity contribution in [1.29, 1.82) is 0 Å². The molecule has 2 unspecified atom stereocenters. The molecule has 4 nitrogen and oxygen atoms in total. The van der Waals surface area contributed by atoms with Crippen LogP contribution in [0.1, 0.15) is 31.0 Å². The second kappa shape index (κ2) is 5.93. The lowest BCUT2D eigenvalue weighted by Gasteiger charge is -2.37. The van der Waals surface area contributed by atoms with E-state index in [2.05, 4.69) is 10.2 Å². The van der Waals surface area contributed by atoms with Crippen molar-refractivity contribution in [3.63, 3.8) is 0 Å². The second-order valence-corrected chi connectivity index (χ2v) is 8.06. The molecule has 0 saturated carbocycles. The maximum atomic E-state index is 13.9. The number of nitrogens with zero attached hydrogens (tertiary/aromatic N) is 1. The molecule has 21 heavy (non-hydrogen) atoms. The average molecular weight is 314 g/mol. The van der Waals surface area contributed by atoms with Gasteiger partial charge in [-0.05, 0) is 51.1 Å². The van der Waals surface area contributed by atoms with E-state index in [0.29, 0.717) is 12.1 Å². The van der Waals surface area contributed by atoms with Crippen LogP contribution in [0, 0.1) is 12.7 Å². The molecule has 118 valence electrons. The molecule has 1 aromatic carbocycles. The lowest BCUT2D eigenvalue weighted by atomic mass is 10.0. The fourth-order valence-corrected chi connectivity index (χ4v) is 4.35. The van der Waals surface area contributed by atoms with Gasteiger partial charge in [0.1, 0.15) is 5.82 Å². The van der Waals surface area contributed by atoms with Crippen molar-refractivity contribution in [3.05, 3.63) is 29.1 Å². The number of sulfone groups is 1. The number of hydrogen-bond donors (Lipinski definition) is 1. The normalized spacial score (nSPS) is 23.1. The molecule has 0 aromatic heterocycles. The highest BCUT2D eigenvalue weighted by Gasteiger charge is 2.30. The Labute approximate surface area is 126 Å². The fraction of sp³-hybridized carbons (Fsp3) is 0.600. The summed E-state index contributed by atoms with van der Waals surface area (Å²) in [5.41, 5.74) is 2.38. The largest absolute Gasteiger partial charge is 0.367 e. The van der Waals surface area contributed by atoms with Crippen LogP contribution in [-0.4, -0.2) is 39.6 Å². The zero-order valence-corrected chi connectivity index (χ0v) is 13.8. The molecule has 1 fully saturated rings. The van der Waals surface area contributed by atoms with Gasteiger partial charge in [-0.2, -0.15) is 0 Å². The van der Waals surface area contributed by atoms with Gasteiger partial charge in [0.2, 0.25) is 0 Å². The van der Waals surface area contributed by atoms with Crippen molar-refractivity contribution < 1.29 is 12.8 Å². The summed E-state index contributed by atoms with van der Waals surface area (Å²) in [7, 11) is -1.13. The van der Waals surface area contributed by atoms with Crippen LogP contribution in [0.3, 0.4) is 0 Å². The SMILES string of the molecule is CNC(C)c1cc(F)c(C)cc1N1CCS(=O)(=O)CC1C. The van der Waals surface area contributed by atoms with Crippen LogP contribution >= 0.6 is 0 Å². The minimum absolute atomic E-state index is 0.000772. The smallest absolute Gasteiger partial charge is 0.154 e. The minimum atomic E-state index is -2.96. The number of nitrogens with one attached hydrogen (secondary N) is 1. The van der Waals surface area contributed by atoms with Crippen molar-refractivity contribution in [2.75, 3.05) is 30.0 Å². The molecule has 1 heterocycles. The third kappa shape index (κ3) is 3.37. The number of aryl methyl sites for hydroxylation is 1. The van der Waals surface area contributed by atoms with Gasteiger partial charge in [-0.15, -0.1) is 0 Å². The van der Waals surface area contributed by atoms with Gasteiger partial charge in [0.05, 0.1) is 11.5 Å². The van der Waals surface area contributed by atoms with Gasteiger partial charge in [-0.3, -0.25) is 0 Å².